The van der Waals surface area contributed by atoms with Crippen LogP contribution in [0.2, 0.25) is 0 Å². The highest BCUT2D eigenvalue weighted by Gasteiger charge is 2.26. The van der Waals surface area contributed by atoms with Crippen molar-refractivity contribution >= 4 is 19.8 Å². The summed E-state index contributed by atoms with van der Waals surface area (Å²) < 4.78 is 33.3. The van der Waals surface area contributed by atoms with Gasteiger partial charge in [-0.25, -0.2) is 4.57 Å². The molecule has 574 valence electrons. The van der Waals surface area contributed by atoms with Crippen molar-refractivity contribution in [3.63, 3.8) is 0 Å². The minimum Gasteiger partial charge on any atom is -0.462 e. The summed E-state index contributed by atoms with van der Waals surface area (Å²) in [4.78, 5) is 35.5. The average molecular weight is 1390 g/mol. The lowest BCUT2D eigenvalue weighted by atomic mass is 10.0. The van der Waals surface area contributed by atoms with Crippen molar-refractivity contribution in [1.29, 1.82) is 0 Å². The molecule has 0 aliphatic carbocycles. The zero-order valence-electron chi connectivity index (χ0n) is 65.1. The Labute approximate surface area is 605 Å². The van der Waals surface area contributed by atoms with Crippen LogP contribution in [0.15, 0.2) is 36.5 Å². The Morgan fingerprint density at radius 2 is 0.536 bits per heavy atom. The van der Waals surface area contributed by atoms with Crippen molar-refractivity contribution < 1.29 is 37.6 Å². The molecule has 0 aromatic heterocycles. The molecule has 97 heavy (non-hydrogen) atoms. The number of rotatable bonds is 84. The summed E-state index contributed by atoms with van der Waals surface area (Å²) in [6.07, 6.45) is 108. The maximum Gasteiger partial charge on any atom is 0.472 e. The maximum atomic E-state index is 12.8. The van der Waals surface area contributed by atoms with Crippen molar-refractivity contribution in [2.24, 2.45) is 5.73 Å². The molecule has 2 unspecified atom stereocenters. The number of esters is 2. The van der Waals surface area contributed by atoms with Gasteiger partial charge in [-0.3, -0.25) is 18.6 Å². The molecule has 9 nitrogen and oxygen atoms in total. The molecule has 0 aromatic rings. The average Bonchev–Trinajstić information content (AvgIpc) is 2.17. The lowest BCUT2D eigenvalue weighted by molar-refractivity contribution is -0.161. The Kier molecular flexibility index (Phi) is 81.7. The summed E-state index contributed by atoms with van der Waals surface area (Å²) in [6.45, 7) is 3.83. The third kappa shape index (κ3) is 83.1. The van der Waals surface area contributed by atoms with Crippen LogP contribution in [0.5, 0.6) is 0 Å². The molecule has 3 N–H and O–H groups in total. The second-order valence-corrected chi connectivity index (χ2v) is 31.2. The number of ether oxygens (including phenoxy) is 2. The first-order chi connectivity index (χ1) is 47.8. The molecule has 0 spiro atoms. The van der Waals surface area contributed by atoms with Gasteiger partial charge < -0.3 is 20.1 Å². The van der Waals surface area contributed by atoms with E-state index in [1.54, 1.807) is 0 Å². The summed E-state index contributed by atoms with van der Waals surface area (Å²) in [5.41, 5.74) is 5.42. The zero-order valence-corrected chi connectivity index (χ0v) is 66.0. The summed E-state index contributed by atoms with van der Waals surface area (Å²) in [7, 11) is -4.40. The lowest BCUT2D eigenvalue weighted by Crippen LogP contribution is -2.29. The quantitative estimate of drug-likeness (QED) is 0.0264. The van der Waals surface area contributed by atoms with Gasteiger partial charge in [0.15, 0.2) is 6.10 Å². The van der Waals surface area contributed by atoms with Gasteiger partial charge >= 0.3 is 19.8 Å². The van der Waals surface area contributed by atoms with Crippen LogP contribution in [0.1, 0.15) is 476 Å². The number of carbonyl (C=O) groups is 2. The summed E-state index contributed by atoms with van der Waals surface area (Å²) in [5, 5.41) is 0. The predicted molar refractivity (Wildman–Crippen MR) is 423 cm³/mol. The van der Waals surface area contributed by atoms with Gasteiger partial charge in [-0.2, -0.15) is 0 Å². The number of nitrogens with two attached hydrogens (primary N) is 1. The minimum atomic E-state index is -4.40. The van der Waals surface area contributed by atoms with Crippen molar-refractivity contribution in [3.05, 3.63) is 36.5 Å². The zero-order chi connectivity index (χ0) is 70.0. The van der Waals surface area contributed by atoms with Crippen molar-refractivity contribution in [2.45, 2.75) is 482 Å². The lowest BCUT2D eigenvalue weighted by Gasteiger charge is -2.19. The van der Waals surface area contributed by atoms with Crippen LogP contribution >= 0.6 is 7.82 Å². The normalized spacial score (nSPS) is 12.9. The highest BCUT2D eigenvalue weighted by molar-refractivity contribution is 7.47. The number of hydrogen-bond acceptors (Lipinski definition) is 8. The van der Waals surface area contributed by atoms with E-state index in [9.17, 15) is 19.0 Å². The number of carbonyl (C=O) groups excluding carboxylic acids is 2. The van der Waals surface area contributed by atoms with Gasteiger partial charge in [0, 0.05) is 19.4 Å². The van der Waals surface area contributed by atoms with Gasteiger partial charge in [-0.1, -0.05) is 448 Å². The molecule has 0 aliphatic rings. The smallest absolute Gasteiger partial charge is 0.462 e. The number of allylic oxidation sites excluding steroid dienone is 6. The molecule has 0 saturated carbocycles. The molecule has 0 aromatic carbocycles. The van der Waals surface area contributed by atoms with Crippen LogP contribution in [-0.2, 0) is 32.7 Å². The van der Waals surface area contributed by atoms with E-state index in [4.69, 9.17) is 24.3 Å². The molecule has 0 amide bonds. The third-order valence-electron chi connectivity index (χ3n) is 20.0. The van der Waals surface area contributed by atoms with Gasteiger partial charge in [0.2, 0.25) is 0 Å². The SMILES string of the molecule is CCCCCCC/C=C\C/C=C\C/C=C\CCCCCCCCCCCCCCCCCCCCCCCCC(=O)OC(COC(=O)CCCCCCCCCCCCCCCCCCCCCCCCCCCCCCCCCCCCCCCCC)COP(=O)(O)OCCN. The van der Waals surface area contributed by atoms with Gasteiger partial charge in [-0.05, 0) is 51.4 Å². The Morgan fingerprint density at radius 3 is 0.794 bits per heavy atom. The summed E-state index contributed by atoms with van der Waals surface area (Å²) in [5.74, 6) is -0.798. The maximum absolute atomic E-state index is 12.8. The second kappa shape index (κ2) is 83.2. The van der Waals surface area contributed by atoms with Crippen LogP contribution in [0.25, 0.3) is 0 Å². The van der Waals surface area contributed by atoms with Gasteiger partial charge in [0.25, 0.3) is 0 Å². The Morgan fingerprint density at radius 1 is 0.309 bits per heavy atom. The van der Waals surface area contributed by atoms with E-state index in [0.717, 1.165) is 44.9 Å². The summed E-state index contributed by atoms with van der Waals surface area (Å²) >= 11 is 0. The highest BCUT2D eigenvalue weighted by Crippen LogP contribution is 2.43. The molecule has 0 fully saturated rings. The highest BCUT2D eigenvalue weighted by atomic mass is 31.2. The van der Waals surface area contributed by atoms with Gasteiger partial charge in [0.05, 0.1) is 13.2 Å². The minimum absolute atomic E-state index is 0.0569. The van der Waals surface area contributed by atoms with E-state index in [-0.39, 0.29) is 38.6 Å². The first-order valence-corrected chi connectivity index (χ1v) is 45.0. The molecule has 0 saturated heterocycles. The predicted octanol–water partition coefficient (Wildman–Crippen LogP) is 29.3. The van der Waals surface area contributed by atoms with Crippen molar-refractivity contribution in [2.75, 3.05) is 26.4 Å². The van der Waals surface area contributed by atoms with Gasteiger partial charge in [0.1, 0.15) is 6.61 Å². The van der Waals surface area contributed by atoms with E-state index in [2.05, 4.69) is 50.3 Å². The molecule has 2 atom stereocenters. The summed E-state index contributed by atoms with van der Waals surface area (Å²) in [6, 6.07) is 0. The Bertz CT molecular complexity index is 1690. The largest absolute Gasteiger partial charge is 0.472 e. The number of unbranched alkanes of at least 4 members (excludes halogenated alkanes) is 65. The fourth-order valence-corrected chi connectivity index (χ4v) is 14.4. The van der Waals surface area contributed by atoms with Crippen molar-refractivity contribution in [1.82, 2.24) is 0 Å². The molecular formula is C87H168NO8P. The van der Waals surface area contributed by atoms with Crippen LogP contribution in [0, 0.1) is 0 Å². The molecule has 0 heterocycles. The number of hydrogen-bond donors (Lipinski definition) is 2. The van der Waals surface area contributed by atoms with Gasteiger partial charge in [-0.15, -0.1) is 0 Å². The van der Waals surface area contributed by atoms with E-state index in [1.165, 1.54) is 398 Å². The monoisotopic (exact) mass is 1390 g/mol. The van der Waals surface area contributed by atoms with E-state index in [1.807, 2.05) is 0 Å². The van der Waals surface area contributed by atoms with E-state index >= 15 is 0 Å². The molecular weight excluding hydrogens is 1220 g/mol. The fourth-order valence-electron chi connectivity index (χ4n) is 13.6. The van der Waals surface area contributed by atoms with Crippen LogP contribution in [0.3, 0.4) is 0 Å². The molecule has 10 heteroatoms. The third-order valence-corrected chi connectivity index (χ3v) is 21.0. The van der Waals surface area contributed by atoms with Crippen LogP contribution < -0.4 is 5.73 Å². The molecule has 0 bridgehead atoms. The molecule has 0 aliphatic heterocycles. The number of phosphoric acid groups is 1. The molecule has 0 radical (unpaired) electrons. The van der Waals surface area contributed by atoms with Crippen LogP contribution in [0.4, 0.5) is 0 Å². The van der Waals surface area contributed by atoms with Crippen LogP contribution in [-0.4, -0.2) is 49.3 Å². The first-order valence-electron chi connectivity index (χ1n) is 43.5. The standard InChI is InChI=1S/C87H168NO8P/c1-3-5-7-9-11-13-15-17-19-21-23-25-27-29-31-33-35-37-39-41-42-44-45-47-49-51-53-55-57-59-61-63-65-67-69-71-73-75-77-79-86(89)93-83-85(84-95-97(91,92)94-82-81-88)96-87(90)80-78-76-74-72-70-68-66-64-62-60-58-56-54-52-50-48-46-43-40-38-36-34-32-30-28-26-24-22-20-18-16-14-12-10-8-6-4-2/h16,18,22,24,28,30,85H,3-15,17,19-21,23,25-27,29,31-84,88H2,1-2H3,(H,91,92)/b18-16-,24-22-,30-28-. The Hall–Kier alpha value is -1.77. The topological polar surface area (TPSA) is 134 Å². The van der Waals surface area contributed by atoms with E-state index < -0.39 is 26.5 Å². The number of phosphoric ester groups is 1. The first kappa shape index (κ1) is 95.2. The Balaban J connectivity index is 3.71. The van der Waals surface area contributed by atoms with E-state index in [0.29, 0.717) is 6.42 Å². The van der Waals surface area contributed by atoms with Crippen molar-refractivity contribution in [3.8, 4) is 0 Å². The fraction of sp³-hybridized carbons (Fsp3) is 0.908. The second-order valence-electron chi connectivity index (χ2n) is 29.8. The molecule has 0 rings (SSSR count).